The number of fused-ring (bicyclic) bond motifs is 1. The van der Waals surface area contributed by atoms with Crippen LogP contribution >= 0.6 is 0 Å². The molecule has 0 spiro atoms. The molecule has 4 N–H and O–H groups in total. The van der Waals surface area contributed by atoms with Crippen molar-refractivity contribution >= 4 is 22.4 Å². The number of anilines is 2. The Bertz CT molecular complexity index is 463. The van der Waals surface area contributed by atoms with Crippen molar-refractivity contribution in [3.63, 3.8) is 0 Å². The third-order valence-corrected chi connectivity index (χ3v) is 2.12. The Hall–Kier alpha value is -1.77. The fraction of sp³-hybridized carbons (Fsp3) is 0.100. The van der Waals surface area contributed by atoms with Gasteiger partial charge in [0.1, 0.15) is 5.82 Å². The summed E-state index contributed by atoms with van der Waals surface area (Å²) in [5.74, 6) is 0.568. The molecule has 0 unspecified atom stereocenters. The average Bonchev–Trinajstić information content (AvgIpc) is 2.09. The second-order valence-corrected chi connectivity index (χ2v) is 3.10. The maximum Gasteiger partial charge on any atom is 0.127 e. The summed E-state index contributed by atoms with van der Waals surface area (Å²) in [5.41, 5.74) is 14.0. The van der Waals surface area contributed by atoms with Gasteiger partial charge in [-0.05, 0) is 30.7 Å². The number of nitrogen functional groups attached to an aromatic ring is 2. The quantitative estimate of drug-likeness (QED) is 0.596. The molecule has 0 aliphatic rings. The summed E-state index contributed by atoms with van der Waals surface area (Å²) < 4.78 is 0. The van der Waals surface area contributed by atoms with Gasteiger partial charge in [0, 0.05) is 11.1 Å². The van der Waals surface area contributed by atoms with Crippen molar-refractivity contribution < 1.29 is 0 Å². The van der Waals surface area contributed by atoms with Crippen LogP contribution in [0.3, 0.4) is 0 Å². The van der Waals surface area contributed by atoms with Crippen molar-refractivity contribution in [2.24, 2.45) is 0 Å². The van der Waals surface area contributed by atoms with E-state index in [0.29, 0.717) is 5.82 Å². The molecule has 13 heavy (non-hydrogen) atoms. The van der Waals surface area contributed by atoms with Gasteiger partial charge in [-0.25, -0.2) is 4.98 Å². The summed E-state index contributed by atoms with van der Waals surface area (Å²) in [6.07, 6.45) is 0. The normalized spacial score (nSPS) is 10.5. The van der Waals surface area contributed by atoms with E-state index in [-0.39, 0.29) is 0 Å². The molecule has 0 radical (unpaired) electrons. The molecule has 0 fully saturated rings. The molecular weight excluding hydrogens is 162 g/mol. The maximum atomic E-state index is 5.79. The lowest BCUT2D eigenvalue weighted by Gasteiger charge is -2.04. The summed E-state index contributed by atoms with van der Waals surface area (Å²) in [7, 11) is 0. The summed E-state index contributed by atoms with van der Waals surface area (Å²) in [6.45, 7) is 1.92. The molecule has 1 heterocycles. The monoisotopic (exact) mass is 173 g/mol. The van der Waals surface area contributed by atoms with Gasteiger partial charge >= 0.3 is 0 Å². The van der Waals surface area contributed by atoms with Crippen molar-refractivity contribution in [1.82, 2.24) is 4.98 Å². The third-order valence-electron chi connectivity index (χ3n) is 2.12. The number of pyridine rings is 1. The van der Waals surface area contributed by atoms with Crippen LogP contribution in [0, 0.1) is 6.92 Å². The number of rotatable bonds is 0. The third kappa shape index (κ3) is 1.18. The molecular formula is C10H11N3. The molecule has 0 atom stereocenters. The van der Waals surface area contributed by atoms with E-state index in [1.807, 2.05) is 31.2 Å². The molecule has 2 aromatic rings. The van der Waals surface area contributed by atoms with Gasteiger partial charge in [-0.15, -0.1) is 0 Å². The van der Waals surface area contributed by atoms with Gasteiger partial charge in [-0.1, -0.05) is 6.07 Å². The van der Waals surface area contributed by atoms with Gasteiger partial charge < -0.3 is 11.5 Å². The first kappa shape index (κ1) is 7.86. The lowest BCUT2D eigenvalue weighted by Crippen LogP contribution is -1.96. The predicted molar refractivity (Wildman–Crippen MR) is 55.3 cm³/mol. The number of hydrogen-bond donors (Lipinski definition) is 2. The molecule has 0 aliphatic heterocycles. The smallest absolute Gasteiger partial charge is 0.127 e. The average molecular weight is 173 g/mol. The van der Waals surface area contributed by atoms with Crippen molar-refractivity contribution in [1.29, 1.82) is 0 Å². The minimum absolute atomic E-state index is 0.568. The highest BCUT2D eigenvalue weighted by molar-refractivity contribution is 5.91. The maximum absolute atomic E-state index is 5.79. The van der Waals surface area contributed by atoms with Gasteiger partial charge in [-0.2, -0.15) is 0 Å². The second-order valence-electron chi connectivity index (χ2n) is 3.10. The minimum Gasteiger partial charge on any atom is -0.398 e. The fourth-order valence-corrected chi connectivity index (χ4v) is 1.33. The lowest BCUT2D eigenvalue weighted by molar-refractivity contribution is 1.34. The minimum atomic E-state index is 0.568. The molecule has 66 valence electrons. The molecule has 1 aromatic carbocycles. The van der Waals surface area contributed by atoms with Crippen molar-refractivity contribution in [3.05, 3.63) is 29.8 Å². The van der Waals surface area contributed by atoms with Crippen LogP contribution in [0.5, 0.6) is 0 Å². The number of aryl methyl sites for hydroxylation is 1. The Balaban J connectivity index is 2.89. The molecule has 3 heteroatoms. The zero-order valence-electron chi connectivity index (χ0n) is 7.41. The molecule has 0 saturated carbocycles. The highest BCUT2D eigenvalue weighted by Gasteiger charge is 2.01. The van der Waals surface area contributed by atoms with E-state index in [4.69, 9.17) is 11.5 Å². The van der Waals surface area contributed by atoms with Crippen LogP contribution in [0.15, 0.2) is 24.3 Å². The summed E-state index contributed by atoms with van der Waals surface area (Å²) in [5, 5.41) is 0.967. The number of nitrogens with two attached hydrogens (primary N) is 2. The predicted octanol–water partition coefficient (Wildman–Crippen LogP) is 1.71. The van der Waals surface area contributed by atoms with Gasteiger partial charge in [0.2, 0.25) is 0 Å². The van der Waals surface area contributed by atoms with Crippen LogP contribution < -0.4 is 11.5 Å². The van der Waals surface area contributed by atoms with E-state index in [9.17, 15) is 0 Å². The Morgan fingerprint density at radius 3 is 2.77 bits per heavy atom. The van der Waals surface area contributed by atoms with Gasteiger partial charge in [-0.3, -0.25) is 0 Å². The van der Waals surface area contributed by atoms with E-state index in [0.717, 1.165) is 22.2 Å². The first-order chi connectivity index (χ1) is 6.18. The molecule has 1 aromatic heterocycles. The molecule has 0 saturated heterocycles. The summed E-state index contributed by atoms with van der Waals surface area (Å²) >= 11 is 0. The highest BCUT2D eigenvalue weighted by atomic mass is 14.8. The summed E-state index contributed by atoms with van der Waals surface area (Å²) in [6, 6.07) is 7.60. The molecule has 0 aliphatic carbocycles. The number of aromatic nitrogens is 1. The molecule has 0 bridgehead atoms. The standard InChI is InChI=1S/C10H11N3/c1-6-5-7-8(11)3-2-4-9(7)13-10(6)12/h2-5H,11H2,1H3,(H2,12,13). The Labute approximate surface area is 76.4 Å². The van der Waals surface area contributed by atoms with Crippen LogP contribution in [-0.2, 0) is 0 Å². The van der Waals surface area contributed by atoms with Crippen LogP contribution in [0.1, 0.15) is 5.56 Å². The fourth-order valence-electron chi connectivity index (χ4n) is 1.33. The molecule has 3 nitrogen and oxygen atoms in total. The number of benzene rings is 1. The number of hydrogen-bond acceptors (Lipinski definition) is 3. The summed E-state index contributed by atoms with van der Waals surface area (Å²) in [4.78, 5) is 4.23. The van der Waals surface area contributed by atoms with Crippen LogP contribution in [0.2, 0.25) is 0 Å². The lowest BCUT2D eigenvalue weighted by atomic mass is 10.1. The largest absolute Gasteiger partial charge is 0.398 e. The van der Waals surface area contributed by atoms with Gasteiger partial charge in [0.25, 0.3) is 0 Å². The highest BCUT2D eigenvalue weighted by Crippen LogP contribution is 2.22. The van der Waals surface area contributed by atoms with E-state index < -0.39 is 0 Å². The molecule has 0 amide bonds. The van der Waals surface area contributed by atoms with Gasteiger partial charge in [0.05, 0.1) is 5.52 Å². The first-order valence-electron chi connectivity index (χ1n) is 4.10. The Kier molecular flexibility index (Phi) is 1.59. The molecule has 2 rings (SSSR count). The van der Waals surface area contributed by atoms with Crippen LogP contribution in [0.25, 0.3) is 10.9 Å². The second kappa shape index (κ2) is 2.62. The topological polar surface area (TPSA) is 64.9 Å². The Morgan fingerprint density at radius 2 is 2.00 bits per heavy atom. The van der Waals surface area contributed by atoms with E-state index in [1.165, 1.54) is 0 Å². The van der Waals surface area contributed by atoms with Crippen molar-refractivity contribution in [2.75, 3.05) is 11.5 Å². The van der Waals surface area contributed by atoms with Crippen molar-refractivity contribution in [3.8, 4) is 0 Å². The Morgan fingerprint density at radius 1 is 1.23 bits per heavy atom. The van der Waals surface area contributed by atoms with Crippen LogP contribution in [0.4, 0.5) is 11.5 Å². The van der Waals surface area contributed by atoms with Crippen LogP contribution in [-0.4, -0.2) is 4.98 Å². The number of nitrogens with zero attached hydrogens (tertiary/aromatic N) is 1. The SMILES string of the molecule is Cc1cc2c(N)cccc2nc1N. The zero-order chi connectivity index (χ0) is 9.42. The van der Waals surface area contributed by atoms with Crippen molar-refractivity contribution in [2.45, 2.75) is 6.92 Å². The van der Waals surface area contributed by atoms with E-state index >= 15 is 0 Å². The first-order valence-corrected chi connectivity index (χ1v) is 4.10. The van der Waals surface area contributed by atoms with Gasteiger partial charge in [0.15, 0.2) is 0 Å². The zero-order valence-corrected chi connectivity index (χ0v) is 7.41. The van der Waals surface area contributed by atoms with E-state index in [1.54, 1.807) is 0 Å². The van der Waals surface area contributed by atoms with E-state index in [2.05, 4.69) is 4.98 Å².